The van der Waals surface area contributed by atoms with Crippen LogP contribution in [0.3, 0.4) is 0 Å². The number of aryl methyl sites for hydroxylation is 1. The number of aromatic nitrogens is 2. The number of likely N-dealkylation sites (tertiary alicyclic amines) is 1. The topological polar surface area (TPSA) is 76.5 Å². The van der Waals surface area contributed by atoms with Crippen LogP contribution in [0.15, 0.2) is 36.5 Å². The second kappa shape index (κ2) is 9.70. The molecule has 1 aromatic carbocycles. The molecule has 1 atom stereocenters. The number of piperidine rings is 2. The Labute approximate surface area is 206 Å². The number of pyridine rings is 1. The highest BCUT2D eigenvalue weighted by Crippen LogP contribution is 2.35. The molecule has 2 fully saturated rings. The van der Waals surface area contributed by atoms with Gasteiger partial charge in [0, 0.05) is 48.6 Å². The number of rotatable bonds is 6. The Morgan fingerprint density at radius 3 is 2.60 bits per heavy atom. The largest absolute Gasteiger partial charge is 0.378 e. The molecule has 1 N–H and O–H groups in total. The number of carbonyl (C=O) groups is 2. The zero-order valence-corrected chi connectivity index (χ0v) is 21.0. The minimum Gasteiger partial charge on any atom is -0.378 e. The second-order valence-corrected chi connectivity index (χ2v) is 10.9. The standard InChI is InChI=1S/C28H36N4O3/c1-28(2,3)31-16-13-20(14-17-31)35-18-6-7-19-12-15-29-26-25(19)21-8-4-5-9-22(21)32(26)23-10-11-24(33)30-27(23)34/h4-5,8-9,12,15,20,23H,6-7,10-11,13-14,16-18H2,1-3H3,(H,30,33,34). The molecule has 3 aromatic rings. The Balaban J connectivity index is 1.31. The summed E-state index contributed by atoms with van der Waals surface area (Å²) < 4.78 is 8.28. The summed E-state index contributed by atoms with van der Waals surface area (Å²) in [5, 5.41) is 4.71. The highest BCUT2D eigenvalue weighted by Gasteiger charge is 2.31. The van der Waals surface area contributed by atoms with E-state index in [0.29, 0.717) is 18.9 Å². The number of para-hydroxylation sites is 1. The number of fused-ring (bicyclic) bond motifs is 3. The molecule has 0 radical (unpaired) electrons. The second-order valence-electron chi connectivity index (χ2n) is 10.9. The van der Waals surface area contributed by atoms with E-state index < -0.39 is 6.04 Å². The SMILES string of the molecule is CC(C)(C)N1CCC(OCCCc2ccnc3c2c2ccccc2n3C2CCC(=O)NC2=O)CC1. The van der Waals surface area contributed by atoms with Crippen LogP contribution in [0.4, 0.5) is 0 Å². The predicted octanol–water partition coefficient (Wildman–Crippen LogP) is 4.38. The predicted molar refractivity (Wildman–Crippen MR) is 137 cm³/mol. The van der Waals surface area contributed by atoms with Gasteiger partial charge in [-0.15, -0.1) is 0 Å². The first-order chi connectivity index (χ1) is 16.8. The average molecular weight is 477 g/mol. The van der Waals surface area contributed by atoms with E-state index >= 15 is 0 Å². The molecule has 0 saturated carbocycles. The number of ether oxygens (including phenoxy) is 1. The van der Waals surface area contributed by atoms with Crippen molar-refractivity contribution in [3.8, 4) is 0 Å². The lowest BCUT2D eigenvalue weighted by molar-refractivity contribution is -0.135. The summed E-state index contributed by atoms with van der Waals surface area (Å²) in [7, 11) is 0. The van der Waals surface area contributed by atoms with Gasteiger partial charge in [-0.2, -0.15) is 0 Å². The average Bonchev–Trinajstić information content (AvgIpc) is 3.17. The highest BCUT2D eigenvalue weighted by molar-refractivity contribution is 6.10. The van der Waals surface area contributed by atoms with E-state index in [-0.39, 0.29) is 17.4 Å². The van der Waals surface area contributed by atoms with Crippen molar-refractivity contribution in [3.05, 3.63) is 42.1 Å². The van der Waals surface area contributed by atoms with Gasteiger partial charge in [0.2, 0.25) is 11.8 Å². The summed E-state index contributed by atoms with van der Waals surface area (Å²) in [5.74, 6) is -0.452. The van der Waals surface area contributed by atoms with E-state index in [2.05, 4.69) is 43.1 Å². The van der Waals surface area contributed by atoms with Crippen LogP contribution < -0.4 is 5.32 Å². The lowest BCUT2D eigenvalue weighted by Crippen LogP contribution is -2.47. The number of carbonyl (C=O) groups excluding carboxylic acids is 2. The zero-order valence-electron chi connectivity index (χ0n) is 21.0. The van der Waals surface area contributed by atoms with Crippen LogP contribution in [0.25, 0.3) is 21.9 Å². The van der Waals surface area contributed by atoms with Gasteiger partial charge >= 0.3 is 0 Å². The summed E-state index contributed by atoms with van der Waals surface area (Å²) in [4.78, 5) is 31.7. The third-order valence-corrected chi connectivity index (χ3v) is 7.53. The minimum atomic E-state index is -0.430. The molecule has 186 valence electrons. The smallest absolute Gasteiger partial charge is 0.249 e. The summed E-state index contributed by atoms with van der Waals surface area (Å²) in [5.41, 5.74) is 3.25. The van der Waals surface area contributed by atoms with Crippen molar-refractivity contribution in [3.63, 3.8) is 0 Å². The van der Waals surface area contributed by atoms with Crippen molar-refractivity contribution in [2.45, 2.75) is 77.0 Å². The molecule has 2 amide bonds. The van der Waals surface area contributed by atoms with Gasteiger partial charge in [0.1, 0.15) is 11.7 Å². The fourth-order valence-electron chi connectivity index (χ4n) is 5.63. The Hall–Kier alpha value is -2.77. The van der Waals surface area contributed by atoms with E-state index in [9.17, 15) is 9.59 Å². The first-order valence-electron chi connectivity index (χ1n) is 12.9. The van der Waals surface area contributed by atoms with Gasteiger partial charge in [-0.1, -0.05) is 18.2 Å². The number of nitrogens with one attached hydrogen (secondary N) is 1. The Morgan fingerprint density at radius 1 is 1.09 bits per heavy atom. The Bertz CT molecular complexity index is 1230. The van der Waals surface area contributed by atoms with Crippen molar-refractivity contribution in [1.82, 2.24) is 19.8 Å². The highest BCUT2D eigenvalue weighted by atomic mass is 16.5. The van der Waals surface area contributed by atoms with Crippen molar-refractivity contribution >= 4 is 33.8 Å². The quantitative estimate of drug-likeness (QED) is 0.422. The zero-order chi connectivity index (χ0) is 24.6. The van der Waals surface area contributed by atoms with Crippen LogP contribution in [0.2, 0.25) is 0 Å². The normalized spacial score (nSPS) is 20.6. The first-order valence-corrected chi connectivity index (χ1v) is 12.9. The van der Waals surface area contributed by atoms with Crippen LogP contribution in [-0.4, -0.2) is 57.6 Å². The number of imide groups is 1. The van der Waals surface area contributed by atoms with E-state index in [4.69, 9.17) is 9.72 Å². The van der Waals surface area contributed by atoms with E-state index in [1.807, 2.05) is 29.0 Å². The molecule has 1 unspecified atom stereocenters. The molecule has 2 aliphatic rings. The molecule has 4 heterocycles. The molecule has 2 saturated heterocycles. The molecular formula is C28H36N4O3. The fraction of sp³-hybridized carbons (Fsp3) is 0.536. The molecule has 2 aliphatic heterocycles. The molecule has 35 heavy (non-hydrogen) atoms. The fourth-order valence-corrected chi connectivity index (χ4v) is 5.63. The van der Waals surface area contributed by atoms with Crippen LogP contribution in [0, 0.1) is 0 Å². The maximum absolute atomic E-state index is 12.7. The number of hydrogen-bond acceptors (Lipinski definition) is 5. The molecule has 0 aliphatic carbocycles. The van der Waals surface area contributed by atoms with Gasteiger partial charge in [0.25, 0.3) is 0 Å². The van der Waals surface area contributed by atoms with E-state index in [1.165, 1.54) is 5.56 Å². The number of nitrogens with zero attached hydrogens (tertiary/aromatic N) is 3. The minimum absolute atomic E-state index is 0.204. The molecule has 7 heteroatoms. The Kier molecular flexibility index (Phi) is 6.64. The van der Waals surface area contributed by atoms with Crippen LogP contribution in [0.1, 0.15) is 64.5 Å². The van der Waals surface area contributed by atoms with Gasteiger partial charge in [-0.05, 0) is 70.6 Å². The maximum Gasteiger partial charge on any atom is 0.249 e. The van der Waals surface area contributed by atoms with Gasteiger partial charge in [0.15, 0.2) is 0 Å². The third kappa shape index (κ3) is 4.84. The molecular weight excluding hydrogens is 440 g/mol. The van der Waals surface area contributed by atoms with E-state index in [1.54, 1.807) is 0 Å². The summed E-state index contributed by atoms with van der Waals surface area (Å²) in [6, 6.07) is 9.82. The van der Waals surface area contributed by atoms with Crippen LogP contribution >= 0.6 is 0 Å². The number of amides is 2. The third-order valence-electron chi connectivity index (χ3n) is 7.53. The first kappa shape index (κ1) is 23.9. The molecule has 5 rings (SSSR count). The van der Waals surface area contributed by atoms with Crippen LogP contribution in [-0.2, 0) is 20.7 Å². The monoisotopic (exact) mass is 476 g/mol. The molecule has 0 spiro atoms. The van der Waals surface area contributed by atoms with Crippen molar-refractivity contribution in [2.75, 3.05) is 19.7 Å². The van der Waals surface area contributed by atoms with Crippen molar-refractivity contribution in [1.29, 1.82) is 0 Å². The summed E-state index contributed by atoms with van der Waals surface area (Å²) in [6.07, 6.45) is 7.04. The van der Waals surface area contributed by atoms with Gasteiger partial charge in [-0.25, -0.2) is 4.98 Å². The molecule has 0 bridgehead atoms. The summed E-state index contributed by atoms with van der Waals surface area (Å²) in [6.45, 7) is 9.77. The summed E-state index contributed by atoms with van der Waals surface area (Å²) >= 11 is 0. The number of benzene rings is 1. The van der Waals surface area contributed by atoms with Gasteiger partial charge in [-0.3, -0.25) is 19.8 Å². The van der Waals surface area contributed by atoms with Gasteiger partial charge < -0.3 is 9.30 Å². The molecule has 2 aromatic heterocycles. The Morgan fingerprint density at radius 2 is 1.86 bits per heavy atom. The maximum atomic E-state index is 12.7. The molecule has 7 nitrogen and oxygen atoms in total. The van der Waals surface area contributed by atoms with Crippen LogP contribution in [0.5, 0.6) is 0 Å². The lowest BCUT2D eigenvalue weighted by atomic mass is 9.99. The van der Waals surface area contributed by atoms with Crippen molar-refractivity contribution in [2.24, 2.45) is 0 Å². The van der Waals surface area contributed by atoms with Crippen molar-refractivity contribution < 1.29 is 14.3 Å². The number of hydrogen-bond donors (Lipinski definition) is 1. The lowest BCUT2D eigenvalue weighted by Gasteiger charge is -2.40. The van der Waals surface area contributed by atoms with E-state index in [0.717, 1.165) is 67.3 Å². The van der Waals surface area contributed by atoms with Gasteiger partial charge in [0.05, 0.1) is 11.6 Å².